The van der Waals surface area contributed by atoms with E-state index in [0.717, 1.165) is 62.0 Å². The molecule has 0 aliphatic rings. The summed E-state index contributed by atoms with van der Waals surface area (Å²) in [7, 11) is 0. The first-order chi connectivity index (χ1) is 21.2. The molecule has 0 atom stereocenters. The predicted octanol–water partition coefficient (Wildman–Crippen LogP) is 7.11. The fraction of sp³-hybridized carbons (Fsp3) is 0.394. The highest BCUT2D eigenvalue weighted by Crippen LogP contribution is 2.38. The number of aliphatic imine (C=N–C) groups is 1. The highest BCUT2D eigenvalue weighted by molar-refractivity contribution is 8.00. The van der Waals surface area contributed by atoms with Crippen LogP contribution in [-0.4, -0.2) is 41.8 Å². The number of ether oxygens (including phenoxy) is 2. The first kappa shape index (κ1) is 34.6. The van der Waals surface area contributed by atoms with Crippen LogP contribution in [0.2, 0.25) is 0 Å². The lowest BCUT2D eigenvalue weighted by Crippen LogP contribution is -2.22. The summed E-state index contributed by atoms with van der Waals surface area (Å²) in [4.78, 5) is 29.6. The van der Waals surface area contributed by atoms with Crippen molar-refractivity contribution in [2.24, 2.45) is 4.99 Å². The van der Waals surface area contributed by atoms with Gasteiger partial charge in [0.25, 0.3) is 0 Å². The number of unbranched alkanes of at least 4 members (excludes halogenated alkanes) is 1. The van der Waals surface area contributed by atoms with E-state index in [1.54, 1.807) is 20.8 Å². The molecule has 0 saturated heterocycles. The monoisotopic (exact) mass is 622 g/mol. The smallest absolute Gasteiger partial charge is 0.336 e. The number of benzene rings is 2. The van der Waals surface area contributed by atoms with E-state index in [1.165, 1.54) is 0 Å². The molecule has 10 nitrogen and oxygen atoms in total. The average molecular weight is 623 g/mol. The Morgan fingerprint density at radius 2 is 1.91 bits per heavy atom. The van der Waals surface area contributed by atoms with E-state index in [0.29, 0.717) is 54.7 Å². The van der Waals surface area contributed by atoms with E-state index >= 15 is 0 Å². The number of anilines is 1. The van der Waals surface area contributed by atoms with Crippen LogP contribution in [0.25, 0.3) is 11.1 Å². The second-order valence-corrected chi connectivity index (χ2v) is 11.0. The molecule has 2 aromatic carbocycles. The number of nitrogens with one attached hydrogen (secondary N) is 1. The van der Waals surface area contributed by atoms with Crippen LogP contribution in [0.1, 0.15) is 69.4 Å². The van der Waals surface area contributed by atoms with Crippen LogP contribution in [0, 0.1) is 13.8 Å². The number of esters is 1. The number of aromatic nitrogens is 1. The van der Waals surface area contributed by atoms with Gasteiger partial charge in [-0.2, -0.15) is 4.47 Å². The molecule has 0 spiro atoms. The molecular formula is C33H42N4O6S. The number of amides is 1. The van der Waals surface area contributed by atoms with Crippen molar-refractivity contribution in [2.45, 2.75) is 78.7 Å². The molecule has 0 unspecified atom stereocenters. The number of nitrogens with zero attached hydrogens (tertiary/aromatic N) is 3. The Labute approximate surface area is 263 Å². The number of carbonyl (C=O) groups is 2. The maximum absolute atomic E-state index is 13.1. The van der Waals surface area contributed by atoms with Crippen molar-refractivity contribution in [3.8, 4) is 11.1 Å². The summed E-state index contributed by atoms with van der Waals surface area (Å²) in [6.07, 6.45) is 3.27. The Kier molecular flexibility index (Phi) is 13.7. The molecule has 0 bridgehead atoms. The third kappa shape index (κ3) is 9.28. The average Bonchev–Trinajstić information content (AvgIpc) is 3.35. The zero-order chi connectivity index (χ0) is 32.1. The summed E-state index contributed by atoms with van der Waals surface area (Å²) in [6, 6.07) is 13.7. The van der Waals surface area contributed by atoms with E-state index in [-0.39, 0.29) is 13.0 Å². The summed E-state index contributed by atoms with van der Waals surface area (Å²) in [6.45, 7) is 12.3. The molecular weight excluding hydrogens is 580 g/mol. The quantitative estimate of drug-likeness (QED) is 0.0327. The Morgan fingerprint density at radius 1 is 1.14 bits per heavy atom. The van der Waals surface area contributed by atoms with Gasteiger partial charge in [0.2, 0.25) is 12.2 Å². The first-order valence-corrected chi connectivity index (χ1v) is 15.5. The number of carbonyl (C=O) groups excluding carboxylic acids is 2. The minimum atomic E-state index is -0.451. The third-order valence-corrected chi connectivity index (χ3v) is 7.84. The van der Waals surface area contributed by atoms with Crippen LogP contribution in [0.5, 0.6) is 0 Å². The lowest BCUT2D eigenvalue weighted by Gasteiger charge is -2.18. The van der Waals surface area contributed by atoms with Crippen molar-refractivity contribution < 1.29 is 28.8 Å². The molecule has 0 fully saturated rings. The fourth-order valence-electron chi connectivity index (χ4n) is 4.45. The van der Waals surface area contributed by atoms with E-state index in [4.69, 9.17) is 14.0 Å². The maximum atomic E-state index is 13.1. The Hall–Kier alpha value is -3.93. The number of hydrogen-bond acceptors (Lipinski definition) is 10. The van der Waals surface area contributed by atoms with Gasteiger partial charge in [-0.05, 0) is 69.4 Å². The molecule has 11 heteroatoms. The van der Waals surface area contributed by atoms with E-state index in [1.807, 2.05) is 56.3 Å². The van der Waals surface area contributed by atoms with Crippen molar-refractivity contribution in [1.29, 1.82) is 0 Å². The van der Waals surface area contributed by atoms with Crippen molar-refractivity contribution >= 4 is 36.0 Å². The molecule has 1 aromatic heterocycles. The number of allylic oxidation sites excluding steroid dienone is 1. The third-order valence-electron chi connectivity index (χ3n) is 6.94. The van der Waals surface area contributed by atoms with Gasteiger partial charge in [0.1, 0.15) is 11.6 Å². The van der Waals surface area contributed by atoms with Gasteiger partial charge < -0.3 is 19.3 Å². The van der Waals surface area contributed by atoms with Crippen LogP contribution in [-0.2, 0) is 32.1 Å². The normalized spacial score (nSPS) is 12.1. The summed E-state index contributed by atoms with van der Waals surface area (Å²) in [5.74, 6) is 1.03. The van der Waals surface area contributed by atoms with Gasteiger partial charge >= 0.3 is 5.97 Å². The number of amidine groups is 1. The summed E-state index contributed by atoms with van der Waals surface area (Å²) in [5, 5.41) is 17.5. The molecule has 44 heavy (non-hydrogen) atoms. The minimum absolute atomic E-state index is 0.229. The SMILES string of the molecule is CCCCC(=N/C(C)=C(\Cc1ccc(-c2ccccc2SN(O)c2noc(C)c2C)c(COCC)c1)C(=O)OCC)NC=O. The van der Waals surface area contributed by atoms with Gasteiger partial charge in [0.05, 0.1) is 24.5 Å². The Morgan fingerprint density at radius 3 is 2.57 bits per heavy atom. The summed E-state index contributed by atoms with van der Waals surface area (Å²) >= 11 is 1.13. The molecule has 3 aromatic rings. The molecule has 1 heterocycles. The predicted molar refractivity (Wildman–Crippen MR) is 173 cm³/mol. The van der Waals surface area contributed by atoms with E-state index in [2.05, 4.69) is 22.4 Å². The highest BCUT2D eigenvalue weighted by Gasteiger charge is 2.20. The van der Waals surface area contributed by atoms with Crippen LogP contribution in [0.4, 0.5) is 5.82 Å². The molecule has 2 N–H and O–H groups in total. The van der Waals surface area contributed by atoms with Gasteiger partial charge in [-0.25, -0.2) is 9.79 Å². The standard InChI is InChI=1S/C33H42N4O6S/c1-7-10-15-31(34-21-38)35-23(5)29(33(39)42-9-3)19-25-16-17-27(26(18-25)20-41-8-2)28-13-11-12-14-30(28)44-37(40)32-22(4)24(6)43-36-32/h11-14,16-18,21,40H,7-10,15,19-20H2,1-6H3,(H,34,35,38)/b29-23+. The fourth-order valence-corrected chi connectivity index (χ4v) is 5.31. The molecule has 236 valence electrons. The maximum Gasteiger partial charge on any atom is 0.336 e. The molecule has 0 radical (unpaired) electrons. The van der Waals surface area contributed by atoms with Crippen LogP contribution in [0.3, 0.4) is 0 Å². The van der Waals surface area contributed by atoms with Gasteiger partial charge in [-0.3, -0.25) is 10.0 Å². The zero-order valence-electron chi connectivity index (χ0n) is 26.3. The number of aryl methyl sites for hydroxylation is 1. The van der Waals surface area contributed by atoms with Gasteiger partial charge in [-0.1, -0.05) is 54.9 Å². The molecule has 0 aliphatic carbocycles. The van der Waals surface area contributed by atoms with Gasteiger partial charge in [-0.15, -0.1) is 0 Å². The second kappa shape index (κ2) is 17.4. The molecule has 1 amide bonds. The number of rotatable bonds is 16. The van der Waals surface area contributed by atoms with Crippen molar-refractivity contribution in [1.82, 2.24) is 10.5 Å². The molecule has 3 rings (SSSR count). The first-order valence-electron chi connectivity index (χ1n) is 14.8. The minimum Gasteiger partial charge on any atom is -0.463 e. The van der Waals surface area contributed by atoms with Crippen molar-refractivity contribution in [3.63, 3.8) is 0 Å². The lowest BCUT2D eigenvalue weighted by atomic mass is 9.95. The Balaban J connectivity index is 2.02. The summed E-state index contributed by atoms with van der Waals surface area (Å²) in [5.41, 5.74) is 5.28. The van der Waals surface area contributed by atoms with Crippen molar-refractivity contribution in [3.05, 3.63) is 76.2 Å². The highest BCUT2D eigenvalue weighted by atomic mass is 32.2. The molecule has 0 aliphatic heterocycles. The largest absolute Gasteiger partial charge is 0.463 e. The Bertz CT molecular complexity index is 1480. The van der Waals surface area contributed by atoms with Crippen LogP contribution in [0.15, 0.2) is 68.1 Å². The van der Waals surface area contributed by atoms with Gasteiger partial charge in [0.15, 0.2) is 0 Å². The van der Waals surface area contributed by atoms with Gasteiger partial charge in [0, 0.05) is 41.9 Å². The topological polar surface area (TPSA) is 126 Å². The van der Waals surface area contributed by atoms with E-state index < -0.39 is 5.97 Å². The van der Waals surface area contributed by atoms with Crippen LogP contribution < -0.4 is 9.79 Å². The van der Waals surface area contributed by atoms with Crippen LogP contribution >= 0.6 is 11.9 Å². The number of hydrogen-bond donors (Lipinski definition) is 2. The van der Waals surface area contributed by atoms with Crippen molar-refractivity contribution in [2.75, 3.05) is 17.7 Å². The summed E-state index contributed by atoms with van der Waals surface area (Å²) < 4.78 is 17.5. The zero-order valence-corrected chi connectivity index (χ0v) is 27.1. The van der Waals surface area contributed by atoms with E-state index in [9.17, 15) is 14.8 Å². The molecule has 0 saturated carbocycles. The lowest BCUT2D eigenvalue weighted by molar-refractivity contribution is -0.138. The second-order valence-electron chi connectivity index (χ2n) is 10.1.